The standard InChI is InChI=1S/C18H15ClN2O2/c1-2-23-13-7-5-6-12(10-13)11-16-18(22)21-17(20-16)14-8-3-4-9-15(14)19/h3-11H,2H2,1H3,(H,20,21,22)/b16-11+. The normalized spacial score (nSPS) is 15.5. The van der Waals surface area contributed by atoms with Crippen LogP contribution < -0.4 is 10.1 Å². The van der Waals surface area contributed by atoms with E-state index in [-0.39, 0.29) is 5.91 Å². The number of nitrogens with one attached hydrogen (secondary N) is 1. The van der Waals surface area contributed by atoms with Gasteiger partial charge in [0.05, 0.1) is 11.6 Å². The SMILES string of the molecule is CCOc1cccc(/C=C2/N=C(c3ccccc3Cl)NC2=O)c1. The molecule has 4 nitrogen and oxygen atoms in total. The van der Waals surface area contributed by atoms with Crippen molar-refractivity contribution >= 4 is 29.4 Å². The Morgan fingerprint density at radius 1 is 1.22 bits per heavy atom. The summed E-state index contributed by atoms with van der Waals surface area (Å²) in [5.74, 6) is 0.977. The predicted octanol–water partition coefficient (Wildman–Crippen LogP) is 3.66. The van der Waals surface area contributed by atoms with Gasteiger partial charge in [-0.25, -0.2) is 4.99 Å². The largest absolute Gasteiger partial charge is 0.494 e. The van der Waals surface area contributed by atoms with Gasteiger partial charge in [-0.2, -0.15) is 0 Å². The first-order chi connectivity index (χ1) is 11.2. The van der Waals surface area contributed by atoms with Crippen molar-refractivity contribution in [3.63, 3.8) is 0 Å². The van der Waals surface area contributed by atoms with Crippen LogP contribution in [0.2, 0.25) is 5.02 Å². The highest BCUT2D eigenvalue weighted by Crippen LogP contribution is 2.21. The maximum absolute atomic E-state index is 12.1. The summed E-state index contributed by atoms with van der Waals surface area (Å²) >= 11 is 6.15. The molecular weight excluding hydrogens is 312 g/mol. The molecule has 2 aromatic carbocycles. The van der Waals surface area contributed by atoms with Gasteiger partial charge in [0.15, 0.2) is 0 Å². The number of amidine groups is 1. The zero-order valence-corrected chi connectivity index (χ0v) is 13.3. The summed E-state index contributed by atoms with van der Waals surface area (Å²) in [7, 11) is 0. The maximum atomic E-state index is 12.1. The van der Waals surface area contributed by atoms with E-state index >= 15 is 0 Å². The number of halogens is 1. The molecule has 1 amide bonds. The van der Waals surface area contributed by atoms with Crippen LogP contribution in [0.15, 0.2) is 59.2 Å². The van der Waals surface area contributed by atoms with Crippen molar-refractivity contribution < 1.29 is 9.53 Å². The number of hydrogen-bond acceptors (Lipinski definition) is 3. The van der Waals surface area contributed by atoms with Gasteiger partial charge in [-0.3, -0.25) is 4.79 Å². The van der Waals surface area contributed by atoms with Gasteiger partial charge in [-0.15, -0.1) is 0 Å². The lowest BCUT2D eigenvalue weighted by Gasteiger charge is -2.03. The van der Waals surface area contributed by atoms with E-state index in [1.807, 2.05) is 49.4 Å². The van der Waals surface area contributed by atoms with E-state index in [1.54, 1.807) is 12.1 Å². The number of amides is 1. The van der Waals surface area contributed by atoms with Crippen molar-refractivity contribution in [1.82, 2.24) is 5.32 Å². The number of carbonyl (C=O) groups excluding carboxylic acids is 1. The smallest absolute Gasteiger partial charge is 0.275 e. The van der Waals surface area contributed by atoms with Gasteiger partial charge in [-0.05, 0) is 42.8 Å². The van der Waals surface area contributed by atoms with Crippen LogP contribution in [0.3, 0.4) is 0 Å². The van der Waals surface area contributed by atoms with Crippen molar-refractivity contribution in [2.45, 2.75) is 6.92 Å². The highest BCUT2D eigenvalue weighted by molar-refractivity contribution is 6.35. The molecule has 1 aliphatic rings. The van der Waals surface area contributed by atoms with E-state index in [0.717, 1.165) is 11.3 Å². The number of rotatable bonds is 4. The molecule has 0 aromatic heterocycles. The molecular formula is C18H15ClN2O2. The number of aliphatic imine (C=N–C) groups is 1. The Morgan fingerprint density at radius 2 is 2.04 bits per heavy atom. The first-order valence-electron chi connectivity index (χ1n) is 7.27. The summed E-state index contributed by atoms with van der Waals surface area (Å²) in [6, 6.07) is 14.8. The summed E-state index contributed by atoms with van der Waals surface area (Å²) < 4.78 is 5.46. The van der Waals surface area contributed by atoms with Crippen LogP contribution in [0.4, 0.5) is 0 Å². The minimum absolute atomic E-state index is 0.248. The Kier molecular flexibility index (Phi) is 4.44. The molecule has 1 aliphatic heterocycles. The molecule has 3 rings (SSSR count). The fourth-order valence-corrected chi connectivity index (χ4v) is 2.49. The van der Waals surface area contributed by atoms with E-state index in [0.29, 0.717) is 28.7 Å². The molecule has 1 heterocycles. The van der Waals surface area contributed by atoms with Gasteiger partial charge in [0.2, 0.25) is 0 Å². The molecule has 0 spiro atoms. The van der Waals surface area contributed by atoms with Crippen molar-refractivity contribution in [3.8, 4) is 5.75 Å². The average Bonchev–Trinajstić information content (AvgIpc) is 2.89. The highest BCUT2D eigenvalue weighted by Gasteiger charge is 2.22. The molecule has 2 aromatic rings. The maximum Gasteiger partial charge on any atom is 0.275 e. The molecule has 0 fully saturated rings. The monoisotopic (exact) mass is 326 g/mol. The number of hydrogen-bond donors (Lipinski definition) is 1. The Bertz CT molecular complexity index is 812. The van der Waals surface area contributed by atoms with Crippen LogP contribution in [-0.4, -0.2) is 18.3 Å². The lowest BCUT2D eigenvalue weighted by molar-refractivity contribution is -0.115. The zero-order chi connectivity index (χ0) is 16.2. The number of ether oxygens (including phenoxy) is 1. The summed E-state index contributed by atoms with van der Waals surface area (Å²) in [6.45, 7) is 2.52. The van der Waals surface area contributed by atoms with E-state index < -0.39 is 0 Å². The molecule has 116 valence electrons. The molecule has 1 N–H and O–H groups in total. The van der Waals surface area contributed by atoms with Crippen LogP contribution in [0.1, 0.15) is 18.1 Å². The number of nitrogens with zero attached hydrogens (tertiary/aromatic N) is 1. The fraction of sp³-hybridized carbons (Fsp3) is 0.111. The topological polar surface area (TPSA) is 50.7 Å². The predicted molar refractivity (Wildman–Crippen MR) is 91.7 cm³/mol. The van der Waals surface area contributed by atoms with Gasteiger partial charge >= 0.3 is 0 Å². The molecule has 5 heteroatoms. The molecule has 0 radical (unpaired) electrons. The van der Waals surface area contributed by atoms with Crippen LogP contribution in [0.5, 0.6) is 5.75 Å². The second kappa shape index (κ2) is 6.67. The lowest BCUT2D eigenvalue weighted by Crippen LogP contribution is -2.24. The van der Waals surface area contributed by atoms with E-state index in [4.69, 9.17) is 16.3 Å². The fourth-order valence-electron chi connectivity index (χ4n) is 2.27. The van der Waals surface area contributed by atoms with E-state index in [9.17, 15) is 4.79 Å². The minimum atomic E-state index is -0.248. The number of carbonyl (C=O) groups is 1. The van der Waals surface area contributed by atoms with Crippen LogP contribution >= 0.6 is 11.6 Å². The summed E-state index contributed by atoms with van der Waals surface area (Å²) in [4.78, 5) is 16.5. The quantitative estimate of drug-likeness (QED) is 0.872. The molecule has 0 atom stereocenters. The Hall–Kier alpha value is -2.59. The first-order valence-corrected chi connectivity index (χ1v) is 7.64. The van der Waals surface area contributed by atoms with Crippen LogP contribution in [-0.2, 0) is 4.79 Å². The van der Waals surface area contributed by atoms with Crippen molar-refractivity contribution in [3.05, 3.63) is 70.4 Å². The number of benzene rings is 2. The first kappa shape index (κ1) is 15.3. The highest BCUT2D eigenvalue weighted by atomic mass is 35.5. The second-order valence-corrected chi connectivity index (χ2v) is 5.34. The Morgan fingerprint density at radius 3 is 2.83 bits per heavy atom. The Labute approximate surface area is 139 Å². The van der Waals surface area contributed by atoms with Crippen molar-refractivity contribution in [1.29, 1.82) is 0 Å². The molecule has 0 unspecified atom stereocenters. The Balaban J connectivity index is 1.92. The minimum Gasteiger partial charge on any atom is -0.494 e. The third kappa shape index (κ3) is 3.43. The molecule has 0 saturated carbocycles. The van der Waals surface area contributed by atoms with Gasteiger partial charge in [0, 0.05) is 5.56 Å². The molecule has 23 heavy (non-hydrogen) atoms. The second-order valence-electron chi connectivity index (χ2n) is 4.93. The van der Waals surface area contributed by atoms with Crippen molar-refractivity contribution in [2.24, 2.45) is 4.99 Å². The summed E-state index contributed by atoms with van der Waals surface area (Å²) in [5.41, 5.74) is 1.90. The van der Waals surface area contributed by atoms with Gasteiger partial charge in [0.25, 0.3) is 5.91 Å². The molecule has 0 aliphatic carbocycles. The zero-order valence-electron chi connectivity index (χ0n) is 12.5. The third-order valence-electron chi connectivity index (χ3n) is 3.30. The van der Waals surface area contributed by atoms with Gasteiger partial charge in [0.1, 0.15) is 17.3 Å². The van der Waals surface area contributed by atoms with E-state index in [2.05, 4.69) is 10.3 Å². The summed E-state index contributed by atoms with van der Waals surface area (Å²) in [6.07, 6.45) is 1.72. The van der Waals surface area contributed by atoms with E-state index in [1.165, 1.54) is 0 Å². The van der Waals surface area contributed by atoms with Gasteiger partial charge < -0.3 is 10.1 Å². The average molecular weight is 327 g/mol. The third-order valence-corrected chi connectivity index (χ3v) is 3.63. The molecule has 0 saturated heterocycles. The van der Waals surface area contributed by atoms with Crippen molar-refractivity contribution in [2.75, 3.05) is 6.61 Å². The summed E-state index contributed by atoms with van der Waals surface area (Å²) in [5, 5.41) is 3.30. The van der Waals surface area contributed by atoms with Crippen LogP contribution in [0, 0.1) is 0 Å². The van der Waals surface area contributed by atoms with Gasteiger partial charge in [-0.1, -0.05) is 35.9 Å². The molecule has 0 bridgehead atoms. The van der Waals surface area contributed by atoms with Crippen LogP contribution in [0.25, 0.3) is 6.08 Å². The lowest BCUT2D eigenvalue weighted by atomic mass is 10.2.